The van der Waals surface area contributed by atoms with Crippen LogP contribution in [0.2, 0.25) is 0 Å². The molecule has 1 atom stereocenters. The Kier molecular flexibility index (Phi) is 3.74. The van der Waals surface area contributed by atoms with E-state index in [1.165, 1.54) is 18.0 Å². The Morgan fingerprint density at radius 1 is 1.69 bits per heavy atom. The highest BCUT2D eigenvalue weighted by molar-refractivity contribution is 7.99. The second-order valence-electron chi connectivity index (χ2n) is 2.61. The number of aliphatic hydroxyl groups excluding tert-OH is 1. The first kappa shape index (κ1) is 10.0. The number of hydrogen-bond acceptors (Lipinski definition) is 4. The molecule has 0 radical (unpaired) electrons. The van der Waals surface area contributed by atoms with E-state index in [1.54, 1.807) is 12.1 Å². The largest absolute Gasteiger partial charge is 0.395 e. The molecule has 1 aromatic rings. The Labute approximate surface area is 81.4 Å². The lowest BCUT2D eigenvalue weighted by Crippen LogP contribution is -2.01. The van der Waals surface area contributed by atoms with E-state index in [1.807, 2.05) is 13.0 Å². The Bertz CT molecular complexity index is 304. The second-order valence-corrected chi connectivity index (χ2v) is 4.07. The van der Waals surface area contributed by atoms with Gasteiger partial charge in [-0.1, -0.05) is 6.92 Å². The van der Waals surface area contributed by atoms with Gasteiger partial charge in [-0.3, -0.25) is 0 Å². The molecule has 4 heteroatoms. The zero-order valence-electron chi connectivity index (χ0n) is 7.27. The maximum atomic E-state index is 8.80. The van der Waals surface area contributed by atoms with Crippen molar-refractivity contribution in [1.82, 2.24) is 4.98 Å². The normalized spacial score (nSPS) is 12.1. The maximum Gasteiger partial charge on any atom is 0.101 e. The van der Waals surface area contributed by atoms with Crippen LogP contribution in [0.5, 0.6) is 0 Å². The van der Waals surface area contributed by atoms with Gasteiger partial charge in [-0.15, -0.1) is 11.8 Å². The Morgan fingerprint density at radius 3 is 2.92 bits per heavy atom. The Balaban J connectivity index is 2.65. The van der Waals surface area contributed by atoms with Gasteiger partial charge in [0.1, 0.15) is 6.07 Å². The average Bonchev–Trinajstić information content (AvgIpc) is 2.19. The summed E-state index contributed by atoms with van der Waals surface area (Å²) in [6.07, 6.45) is 1.53. The molecule has 0 aliphatic carbocycles. The summed E-state index contributed by atoms with van der Waals surface area (Å²) in [5.74, 6) is 0. The molecule has 0 fully saturated rings. The average molecular weight is 194 g/mol. The Morgan fingerprint density at radius 2 is 2.46 bits per heavy atom. The van der Waals surface area contributed by atoms with Crippen molar-refractivity contribution in [3.63, 3.8) is 0 Å². The summed E-state index contributed by atoms with van der Waals surface area (Å²) in [6, 6.07) is 5.51. The van der Waals surface area contributed by atoms with Gasteiger partial charge in [0.25, 0.3) is 0 Å². The fourth-order valence-corrected chi connectivity index (χ4v) is 1.51. The maximum absolute atomic E-state index is 8.80. The zero-order chi connectivity index (χ0) is 9.68. The summed E-state index contributed by atoms with van der Waals surface area (Å²) < 4.78 is 0. The third kappa shape index (κ3) is 3.05. The van der Waals surface area contributed by atoms with E-state index in [4.69, 9.17) is 10.4 Å². The molecule has 0 bridgehead atoms. The molecule has 1 rings (SSSR count). The van der Waals surface area contributed by atoms with E-state index in [9.17, 15) is 0 Å². The minimum Gasteiger partial charge on any atom is -0.395 e. The molecule has 0 spiro atoms. The molecular weight excluding hydrogens is 184 g/mol. The van der Waals surface area contributed by atoms with Crippen molar-refractivity contribution in [3.8, 4) is 6.07 Å². The zero-order valence-corrected chi connectivity index (χ0v) is 8.08. The van der Waals surface area contributed by atoms with Crippen molar-refractivity contribution in [1.29, 1.82) is 5.26 Å². The van der Waals surface area contributed by atoms with Gasteiger partial charge in [-0.05, 0) is 12.1 Å². The van der Waals surface area contributed by atoms with Crippen LogP contribution in [0.4, 0.5) is 0 Å². The highest BCUT2D eigenvalue weighted by Gasteiger charge is 2.03. The second kappa shape index (κ2) is 4.85. The summed E-state index contributed by atoms with van der Waals surface area (Å²) >= 11 is 1.49. The summed E-state index contributed by atoms with van der Waals surface area (Å²) in [4.78, 5) is 4.07. The molecule has 0 saturated heterocycles. The van der Waals surface area contributed by atoms with Gasteiger partial charge in [-0.2, -0.15) is 5.26 Å². The van der Waals surface area contributed by atoms with Gasteiger partial charge in [0, 0.05) is 11.4 Å². The monoisotopic (exact) mass is 194 g/mol. The van der Waals surface area contributed by atoms with Crippen LogP contribution >= 0.6 is 11.8 Å². The number of rotatable bonds is 3. The van der Waals surface area contributed by atoms with Gasteiger partial charge < -0.3 is 5.11 Å². The lowest BCUT2D eigenvalue weighted by molar-refractivity contribution is 0.300. The smallest absolute Gasteiger partial charge is 0.101 e. The molecule has 3 nitrogen and oxygen atoms in total. The van der Waals surface area contributed by atoms with E-state index >= 15 is 0 Å². The van der Waals surface area contributed by atoms with Gasteiger partial charge in [0.05, 0.1) is 17.2 Å². The Hall–Kier alpha value is -1.05. The number of aliphatic hydroxyl groups is 1. The summed E-state index contributed by atoms with van der Waals surface area (Å²) in [6.45, 7) is 2.05. The fraction of sp³-hybridized carbons (Fsp3) is 0.333. The van der Waals surface area contributed by atoms with Crippen molar-refractivity contribution in [2.75, 3.05) is 6.61 Å². The molecule has 1 aromatic heterocycles. The van der Waals surface area contributed by atoms with Gasteiger partial charge >= 0.3 is 0 Å². The molecule has 13 heavy (non-hydrogen) atoms. The lowest BCUT2D eigenvalue weighted by atomic mass is 10.3. The van der Waals surface area contributed by atoms with Crippen LogP contribution in [-0.4, -0.2) is 21.9 Å². The van der Waals surface area contributed by atoms with Gasteiger partial charge in [0.15, 0.2) is 0 Å². The van der Waals surface area contributed by atoms with Crippen LogP contribution in [0.15, 0.2) is 23.4 Å². The highest BCUT2D eigenvalue weighted by Crippen LogP contribution is 2.20. The van der Waals surface area contributed by atoms with Crippen molar-refractivity contribution in [2.24, 2.45) is 0 Å². The minimum absolute atomic E-state index is 0.131. The van der Waals surface area contributed by atoms with E-state index < -0.39 is 0 Å². The lowest BCUT2D eigenvalue weighted by Gasteiger charge is -2.05. The van der Waals surface area contributed by atoms with Crippen LogP contribution < -0.4 is 0 Å². The molecule has 1 unspecified atom stereocenters. The SMILES string of the molecule is CC(CO)Sc1ccc(C#N)cn1. The van der Waals surface area contributed by atoms with E-state index in [2.05, 4.69) is 4.98 Å². The van der Waals surface area contributed by atoms with Gasteiger partial charge in [-0.25, -0.2) is 4.98 Å². The summed E-state index contributed by atoms with van der Waals surface area (Å²) in [5.41, 5.74) is 0.556. The molecule has 1 N–H and O–H groups in total. The van der Waals surface area contributed by atoms with Crippen molar-refractivity contribution >= 4 is 11.8 Å². The molecule has 0 aliphatic heterocycles. The van der Waals surface area contributed by atoms with Gasteiger partial charge in [0.2, 0.25) is 0 Å². The molecule has 1 heterocycles. The molecule has 68 valence electrons. The minimum atomic E-state index is 0.131. The highest BCUT2D eigenvalue weighted by atomic mass is 32.2. The fourth-order valence-electron chi connectivity index (χ4n) is 0.760. The summed E-state index contributed by atoms with van der Waals surface area (Å²) in [5, 5.41) is 18.3. The third-order valence-corrected chi connectivity index (χ3v) is 2.48. The number of pyridine rings is 1. The first-order chi connectivity index (χ1) is 6.26. The van der Waals surface area contributed by atoms with Crippen LogP contribution in [0.1, 0.15) is 12.5 Å². The first-order valence-corrected chi connectivity index (χ1v) is 4.78. The predicted molar refractivity (Wildman–Crippen MR) is 51.4 cm³/mol. The van der Waals surface area contributed by atoms with Crippen LogP contribution in [0.25, 0.3) is 0 Å². The molecule has 0 amide bonds. The number of hydrogen-bond donors (Lipinski definition) is 1. The van der Waals surface area contributed by atoms with Crippen molar-refractivity contribution in [3.05, 3.63) is 23.9 Å². The topological polar surface area (TPSA) is 56.9 Å². The van der Waals surface area contributed by atoms with E-state index in [0.29, 0.717) is 5.56 Å². The molecule has 0 saturated carbocycles. The number of aromatic nitrogens is 1. The predicted octanol–water partition coefficient (Wildman–Crippen LogP) is 1.43. The standard InChI is InChI=1S/C9H10N2OS/c1-7(6-12)13-9-3-2-8(4-10)5-11-9/h2-3,5,7,12H,6H2,1H3. The first-order valence-electron chi connectivity index (χ1n) is 3.90. The number of nitriles is 1. The quantitative estimate of drug-likeness (QED) is 0.739. The number of nitrogens with zero attached hydrogens (tertiary/aromatic N) is 2. The third-order valence-electron chi connectivity index (χ3n) is 1.44. The van der Waals surface area contributed by atoms with E-state index in [0.717, 1.165) is 5.03 Å². The van der Waals surface area contributed by atoms with Crippen molar-refractivity contribution in [2.45, 2.75) is 17.2 Å². The number of thioether (sulfide) groups is 1. The van der Waals surface area contributed by atoms with Crippen molar-refractivity contribution < 1.29 is 5.11 Å². The van der Waals surface area contributed by atoms with E-state index in [-0.39, 0.29) is 11.9 Å². The van der Waals surface area contributed by atoms with Crippen LogP contribution in [0, 0.1) is 11.3 Å². The molecule has 0 aromatic carbocycles. The van der Waals surface area contributed by atoms with Crippen LogP contribution in [-0.2, 0) is 0 Å². The molecular formula is C9H10N2OS. The molecule has 0 aliphatic rings. The summed E-state index contributed by atoms with van der Waals surface area (Å²) in [7, 11) is 0. The van der Waals surface area contributed by atoms with Crippen LogP contribution in [0.3, 0.4) is 0 Å².